The van der Waals surface area contributed by atoms with Gasteiger partial charge in [0.25, 0.3) is 5.91 Å². The molecule has 2 rings (SSSR count). The summed E-state index contributed by atoms with van der Waals surface area (Å²) in [6, 6.07) is 11.3. The van der Waals surface area contributed by atoms with E-state index in [1.165, 1.54) is 11.3 Å². The Morgan fingerprint density at radius 2 is 2.15 bits per heavy atom. The van der Waals surface area contributed by atoms with Crippen LogP contribution in [0.5, 0.6) is 5.75 Å². The average Bonchev–Trinajstić information content (AvgIpc) is 3.02. The van der Waals surface area contributed by atoms with Crippen LogP contribution in [-0.4, -0.2) is 26.7 Å². The molecule has 1 unspecified atom stereocenters. The molecule has 0 saturated heterocycles. The number of thiophene rings is 1. The highest BCUT2D eigenvalue weighted by Crippen LogP contribution is 2.21. The lowest BCUT2D eigenvalue weighted by atomic mass is 10.1. The third kappa shape index (κ3) is 3.59. The van der Waals surface area contributed by atoms with Gasteiger partial charge in [-0.15, -0.1) is 11.3 Å². The third-order valence-electron chi connectivity index (χ3n) is 2.94. The molecule has 1 aromatic carbocycles. The van der Waals surface area contributed by atoms with Crippen LogP contribution in [0.4, 0.5) is 0 Å². The van der Waals surface area contributed by atoms with Crippen LogP contribution >= 0.6 is 11.3 Å². The van der Waals surface area contributed by atoms with Crippen molar-refractivity contribution in [3.05, 3.63) is 52.2 Å². The number of carbonyl (C=O) groups excluding carboxylic acids is 1. The number of hydrogen-bond acceptors (Lipinski definition) is 4. The lowest BCUT2D eigenvalue weighted by Gasteiger charge is -2.17. The van der Waals surface area contributed by atoms with Crippen molar-refractivity contribution in [3.8, 4) is 5.75 Å². The van der Waals surface area contributed by atoms with Crippen LogP contribution in [-0.2, 0) is 4.74 Å². The Labute approximate surface area is 122 Å². The zero-order valence-corrected chi connectivity index (χ0v) is 12.3. The van der Waals surface area contributed by atoms with E-state index in [-0.39, 0.29) is 12.0 Å². The molecule has 1 atom stereocenters. The van der Waals surface area contributed by atoms with Crippen molar-refractivity contribution in [2.45, 2.75) is 6.10 Å². The molecular formula is C15H17NO3S. The number of hydrogen-bond donors (Lipinski definition) is 1. The van der Waals surface area contributed by atoms with E-state index in [2.05, 4.69) is 5.32 Å². The minimum absolute atomic E-state index is 0.0788. The number of ether oxygens (including phenoxy) is 2. The molecule has 1 amide bonds. The molecule has 1 N–H and O–H groups in total. The van der Waals surface area contributed by atoms with Gasteiger partial charge in [-0.1, -0.05) is 18.2 Å². The lowest BCUT2D eigenvalue weighted by Crippen LogP contribution is -2.28. The molecule has 1 heterocycles. The highest BCUT2D eigenvalue weighted by atomic mass is 32.1. The first-order valence-corrected chi connectivity index (χ1v) is 7.11. The molecular weight excluding hydrogens is 274 g/mol. The van der Waals surface area contributed by atoms with Gasteiger partial charge in [-0.3, -0.25) is 4.79 Å². The fraction of sp³-hybridized carbons (Fsp3) is 0.267. The van der Waals surface area contributed by atoms with E-state index < -0.39 is 0 Å². The summed E-state index contributed by atoms with van der Waals surface area (Å²) < 4.78 is 10.6. The van der Waals surface area contributed by atoms with E-state index in [1.54, 1.807) is 20.3 Å². The monoisotopic (exact) mass is 291 g/mol. The fourth-order valence-electron chi connectivity index (χ4n) is 1.86. The summed E-state index contributed by atoms with van der Waals surface area (Å²) in [4.78, 5) is 12.6. The predicted octanol–water partition coefficient (Wildman–Crippen LogP) is 2.87. The maximum absolute atomic E-state index is 11.9. The van der Waals surface area contributed by atoms with Gasteiger partial charge in [0.05, 0.1) is 18.1 Å². The van der Waals surface area contributed by atoms with Crippen LogP contribution in [0, 0.1) is 0 Å². The Balaban J connectivity index is 2.00. The topological polar surface area (TPSA) is 47.6 Å². The average molecular weight is 291 g/mol. The third-order valence-corrected chi connectivity index (χ3v) is 3.81. The molecule has 2 aromatic rings. The Hall–Kier alpha value is -1.85. The van der Waals surface area contributed by atoms with Gasteiger partial charge in [0.1, 0.15) is 5.75 Å². The molecule has 0 aliphatic heterocycles. The SMILES string of the molecule is COc1cccc(C(CNC(=O)c2cccs2)OC)c1. The number of nitrogens with one attached hydrogen (secondary N) is 1. The summed E-state index contributed by atoms with van der Waals surface area (Å²) in [5.74, 6) is 0.694. The second-order valence-corrected chi connectivity index (χ2v) is 5.14. The predicted molar refractivity (Wildman–Crippen MR) is 79.4 cm³/mol. The molecule has 1 aromatic heterocycles. The first-order chi connectivity index (χ1) is 9.74. The van der Waals surface area contributed by atoms with Crippen LogP contribution < -0.4 is 10.1 Å². The van der Waals surface area contributed by atoms with Crippen LogP contribution in [0.1, 0.15) is 21.3 Å². The number of rotatable bonds is 6. The van der Waals surface area contributed by atoms with E-state index in [1.807, 2.05) is 35.7 Å². The quantitative estimate of drug-likeness (QED) is 0.890. The Kier molecular flexibility index (Phi) is 5.15. The molecule has 0 aliphatic carbocycles. The van der Waals surface area contributed by atoms with E-state index in [4.69, 9.17) is 9.47 Å². The van der Waals surface area contributed by atoms with Crippen molar-refractivity contribution in [1.29, 1.82) is 0 Å². The van der Waals surface area contributed by atoms with Crippen molar-refractivity contribution in [1.82, 2.24) is 5.32 Å². The second-order valence-electron chi connectivity index (χ2n) is 4.19. The van der Waals surface area contributed by atoms with E-state index >= 15 is 0 Å². The number of amides is 1. The molecule has 106 valence electrons. The summed E-state index contributed by atoms with van der Waals surface area (Å²) in [6.07, 6.45) is -0.200. The second kappa shape index (κ2) is 7.07. The highest BCUT2D eigenvalue weighted by molar-refractivity contribution is 7.12. The number of carbonyl (C=O) groups is 1. The summed E-state index contributed by atoms with van der Waals surface area (Å²) in [5, 5.41) is 4.76. The van der Waals surface area contributed by atoms with Crippen LogP contribution in [0.3, 0.4) is 0 Å². The first kappa shape index (κ1) is 14.6. The molecule has 5 heteroatoms. The smallest absolute Gasteiger partial charge is 0.261 e. The molecule has 20 heavy (non-hydrogen) atoms. The molecule has 0 saturated carbocycles. The van der Waals surface area contributed by atoms with Gasteiger partial charge in [-0.05, 0) is 29.1 Å². The van der Waals surface area contributed by atoms with Gasteiger partial charge in [0.15, 0.2) is 0 Å². The maximum atomic E-state index is 11.9. The molecule has 0 bridgehead atoms. The van der Waals surface area contributed by atoms with Crippen molar-refractivity contribution in [2.24, 2.45) is 0 Å². The Morgan fingerprint density at radius 3 is 2.80 bits per heavy atom. The van der Waals surface area contributed by atoms with Gasteiger partial charge in [-0.2, -0.15) is 0 Å². The van der Waals surface area contributed by atoms with Gasteiger partial charge >= 0.3 is 0 Å². The van der Waals surface area contributed by atoms with E-state index in [0.717, 1.165) is 11.3 Å². The normalized spacial score (nSPS) is 11.9. The molecule has 4 nitrogen and oxygen atoms in total. The van der Waals surface area contributed by atoms with E-state index in [0.29, 0.717) is 11.4 Å². The summed E-state index contributed by atoms with van der Waals surface area (Å²) in [6.45, 7) is 0.417. The zero-order valence-electron chi connectivity index (χ0n) is 11.5. The standard InChI is InChI=1S/C15H17NO3S/c1-18-12-6-3-5-11(9-12)13(19-2)10-16-15(17)14-7-4-8-20-14/h3-9,13H,10H2,1-2H3,(H,16,17). The van der Waals surface area contributed by atoms with Crippen molar-refractivity contribution in [2.75, 3.05) is 20.8 Å². The fourth-order valence-corrected chi connectivity index (χ4v) is 2.50. The van der Waals surface area contributed by atoms with Gasteiger partial charge in [-0.25, -0.2) is 0 Å². The number of methoxy groups -OCH3 is 2. The van der Waals surface area contributed by atoms with Crippen molar-refractivity contribution >= 4 is 17.2 Å². The lowest BCUT2D eigenvalue weighted by molar-refractivity contribution is 0.0830. The van der Waals surface area contributed by atoms with Gasteiger partial charge < -0.3 is 14.8 Å². The first-order valence-electron chi connectivity index (χ1n) is 6.23. The highest BCUT2D eigenvalue weighted by Gasteiger charge is 2.14. The Bertz CT molecular complexity index is 554. The molecule has 0 fully saturated rings. The van der Waals surface area contributed by atoms with Gasteiger partial charge in [0, 0.05) is 13.7 Å². The maximum Gasteiger partial charge on any atom is 0.261 e. The van der Waals surface area contributed by atoms with Crippen molar-refractivity contribution < 1.29 is 14.3 Å². The minimum Gasteiger partial charge on any atom is -0.497 e. The summed E-state index contributed by atoms with van der Waals surface area (Å²) >= 11 is 1.42. The minimum atomic E-state index is -0.200. The molecule has 0 aliphatic rings. The summed E-state index contributed by atoms with van der Waals surface area (Å²) in [7, 11) is 3.25. The Morgan fingerprint density at radius 1 is 1.30 bits per heavy atom. The zero-order chi connectivity index (χ0) is 14.4. The summed E-state index contributed by atoms with van der Waals surface area (Å²) in [5.41, 5.74) is 0.971. The van der Waals surface area contributed by atoms with E-state index in [9.17, 15) is 4.79 Å². The number of benzene rings is 1. The van der Waals surface area contributed by atoms with Crippen molar-refractivity contribution in [3.63, 3.8) is 0 Å². The molecule has 0 spiro atoms. The largest absolute Gasteiger partial charge is 0.497 e. The van der Waals surface area contributed by atoms with Gasteiger partial charge in [0.2, 0.25) is 0 Å². The molecule has 0 radical (unpaired) electrons. The van der Waals surface area contributed by atoms with Crippen LogP contribution in [0.25, 0.3) is 0 Å². The van der Waals surface area contributed by atoms with Crippen LogP contribution in [0.15, 0.2) is 41.8 Å². The van der Waals surface area contributed by atoms with Crippen LogP contribution in [0.2, 0.25) is 0 Å².